The van der Waals surface area contributed by atoms with Crippen LogP contribution in [-0.4, -0.2) is 24.0 Å². The number of hydrogen-bond acceptors (Lipinski definition) is 5. The maximum absolute atomic E-state index is 11.9. The van der Waals surface area contributed by atoms with Gasteiger partial charge in [-0.05, 0) is 37.8 Å². The van der Waals surface area contributed by atoms with Gasteiger partial charge in [0.25, 0.3) is 0 Å². The lowest BCUT2D eigenvalue weighted by molar-refractivity contribution is -0.117. The third-order valence-electron chi connectivity index (χ3n) is 2.70. The molecule has 0 aliphatic heterocycles. The molecule has 98 valence electrons. The van der Waals surface area contributed by atoms with Gasteiger partial charge in [-0.1, -0.05) is 0 Å². The van der Waals surface area contributed by atoms with Crippen LogP contribution in [0.15, 0.2) is 0 Å². The van der Waals surface area contributed by atoms with Gasteiger partial charge < -0.3 is 11.1 Å². The van der Waals surface area contributed by atoms with E-state index in [1.165, 1.54) is 11.3 Å². The first kappa shape index (κ1) is 15.0. The summed E-state index contributed by atoms with van der Waals surface area (Å²) in [5.74, 6) is 0.629. The molecule has 0 fully saturated rings. The van der Waals surface area contributed by atoms with Crippen LogP contribution in [0.4, 0.5) is 5.00 Å². The van der Waals surface area contributed by atoms with E-state index in [0.717, 1.165) is 16.2 Å². The minimum Gasteiger partial charge on any atom is -0.320 e. The minimum atomic E-state index is -0.522. The molecule has 1 aromatic rings. The first-order valence-electron chi connectivity index (χ1n) is 5.56. The summed E-state index contributed by atoms with van der Waals surface area (Å²) in [6.07, 6.45) is 2.61. The third-order valence-corrected chi connectivity index (χ3v) is 4.47. The van der Waals surface area contributed by atoms with Crippen molar-refractivity contribution >= 4 is 34.0 Å². The van der Waals surface area contributed by atoms with Crippen molar-refractivity contribution in [1.82, 2.24) is 0 Å². The fraction of sp³-hybridized carbons (Fsp3) is 0.500. The van der Waals surface area contributed by atoms with Crippen LogP contribution in [-0.2, 0) is 4.79 Å². The van der Waals surface area contributed by atoms with Crippen molar-refractivity contribution < 1.29 is 4.79 Å². The van der Waals surface area contributed by atoms with E-state index in [2.05, 4.69) is 11.4 Å². The van der Waals surface area contributed by atoms with Gasteiger partial charge in [-0.25, -0.2) is 0 Å². The van der Waals surface area contributed by atoms with Crippen molar-refractivity contribution in [2.45, 2.75) is 26.3 Å². The zero-order chi connectivity index (χ0) is 13.7. The summed E-state index contributed by atoms with van der Waals surface area (Å²) in [7, 11) is 0. The molecule has 1 aromatic heterocycles. The summed E-state index contributed by atoms with van der Waals surface area (Å²) in [4.78, 5) is 12.9. The highest BCUT2D eigenvalue weighted by molar-refractivity contribution is 7.98. The van der Waals surface area contributed by atoms with E-state index in [0.29, 0.717) is 17.0 Å². The van der Waals surface area contributed by atoms with Crippen molar-refractivity contribution in [3.63, 3.8) is 0 Å². The summed E-state index contributed by atoms with van der Waals surface area (Å²) in [5, 5.41) is 12.4. The van der Waals surface area contributed by atoms with E-state index in [4.69, 9.17) is 11.0 Å². The Morgan fingerprint density at radius 1 is 1.61 bits per heavy atom. The molecule has 1 amide bonds. The SMILES string of the molecule is CSCC[C@H](N)C(=O)Nc1sc(C)c(C)c1C#N. The molecule has 0 aliphatic carbocycles. The van der Waals surface area contributed by atoms with Crippen LogP contribution in [0.1, 0.15) is 22.4 Å². The fourth-order valence-electron chi connectivity index (χ4n) is 1.43. The molecule has 0 saturated heterocycles. The van der Waals surface area contributed by atoms with Crippen LogP contribution >= 0.6 is 23.1 Å². The number of nitrogens with two attached hydrogens (primary N) is 1. The van der Waals surface area contributed by atoms with E-state index in [1.54, 1.807) is 11.8 Å². The third kappa shape index (κ3) is 3.48. The number of carbonyl (C=O) groups excluding carboxylic acids is 1. The smallest absolute Gasteiger partial charge is 0.241 e. The van der Waals surface area contributed by atoms with Crippen molar-refractivity contribution in [1.29, 1.82) is 5.26 Å². The molecule has 0 aromatic carbocycles. The average molecular weight is 283 g/mol. The van der Waals surface area contributed by atoms with Crippen molar-refractivity contribution in [2.24, 2.45) is 5.73 Å². The molecule has 6 heteroatoms. The molecular formula is C12H17N3OS2. The van der Waals surface area contributed by atoms with Crippen molar-refractivity contribution in [3.8, 4) is 6.07 Å². The normalized spacial score (nSPS) is 11.9. The predicted molar refractivity (Wildman–Crippen MR) is 78.1 cm³/mol. The highest BCUT2D eigenvalue weighted by atomic mass is 32.2. The van der Waals surface area contributed by atoms with E-state index < -0.39 is 6.04 Å². The predicted octanol–water partition coefficient (Wildman–Crippen LogP) is 2.26. The second-order valence-electron chi connectivity index (χ2n) is 3.98. The molecule has 1 rings (SSSR count). The van der Waals surface area contributed by atoms with Gasteiger partial charge in [0.1, 0.15) is 11.1 Å². The summed E-state index contributed by atoms with van der Waals surface area (Å²) in [5.41, 5.74) is 7.25. The number of rotatable bonds is 5. The molecule has 0 radical (unpaired) electrons. The van der Waals surface area contributed by atoms with Gasteiger partial charge in [0.05, 0.1) is 11.6 Å². The Hall–Kier alpha value is -1.03. The van der Waals surface area contributed by atoms with Gasteiger partial charge in [-0.15, -0.1) is 11.3 Å². The molecule has 0 spiro atoms. The summed E-state index contributed by atoms with van der Waals surface area (Å²) in [6, 6.07) is 1.60. The molecule has 0 unspecified atom stereocenters. The quantitative estimate of drug-likeness (QED) is 0.868. The molecular weight excluding hydrogens is 266 g/mol. The van der Waals surface area contributed by atoms with Crippen LogP contribution in [0.25, 0.3) is 0 Å². The fourth-order valence-corrected chi connectivity index (χ4v) is 2.93. The zero-order valence-corrected chi connectivity index (χ0v) is 12.4. The Morgan fingerprint density at radius 3 is 2.83 bits per heavy atom. The van der Waals surface area contributed by atoms with Gasteiger partial charge in [0.2, 0.25) is 5.91 Å². The minimum absolute atomic E-state index is 0.221. The Balaban J connectivity index is 2.76. The highest BCUT2D eigenvalue weighted by Gasteiger charge is 2.18. The van der Waals surface area contributed by atoms with Gasteiger partial charge in [-0.2, -0.15) is 17.0 Å². The first-order valence-corrected chi connectivity index (χ1v) is 7.77. The largest absolute Gasteiger partial charge is 0.320 e. The number of carbonyl (C=O) groups is 1. The maximum atomic E-state index is 11.9. The van der Waals surface area contributed by atoms with Crippen LogP contribution < -0.4 is 11.1 Å². The molecule has 4 nitrogen and oxygen atoms in total. The van der Waals surface area contributed by atoms with Crippen LogP contribution in [0.2, 0.25) is 0 Å². The van der Waals surface area contributed by atoms with E-state index in [-0.39, 0.29) is 5.91 Å². The first-order chi connectivity index (χ1) is 8.51. The molecule has 1 atom stereocenters. The topological polar surface area (TPSA) is 78.9 Å². The summed E-state index contributed by atoms with van der Waals surface area (Å²) < 4.78 is 0. The van der Waals surface area contributed by atoms with Crippen LogP contribution in [0.5, 0.6) is 0 Å². The average Bonchev–Trinajstić information content (AvgIpc) is 2.61. The highest BCUT2D eigenvalue weighted by Crippen LogP contribution is 2.31. The van der Waals surface area contributed by atoms with Crippen LogP contribution in [0, 0.1) is 25.2 Å². The Morgan fingerprint density at radius 2 is 2.28 bits per heavy atom. The number of amides is 1. The number of hydrogen-bond donors (Lipinski definition) is 2. The molecule has 0 saturated carbocycles. The Bertz CT molecular complexity index is 476. The van der Waals surface area contributed by atoms with E-state index >= 15 is 0 Å². The standard InChI is InChI=1S/C12H17N3OS2/c1-7-8(2)18-12(9(7)6-13)15-11(16)10(14)4-5-17-3/h10H,4-5,14H2,1-3H3,(H,15,16)/t10-/m0/s1. The number of nitrogens with one attached hydrogen (secondary N) is 1. The Labute approximate surface area is 116 Å². The molecule has 3 N–H and O–H groups in total. The zero-order valence-electron chi connectivity index (χ0n) is 10.7. The lowest BCUT2D eigenvalue weighted by Crippen LogP contribution is -2.36. The van der Waals surface area contributed by atoms with Crippen molar-refractivity contribution in [2.75, 3.05) is 17.3 Å². The van der Waals surface area contributed by atoms with Gasteiger partial charge in [0, 0.05) is 4.88 Å². The molecule has 18 heavy (non-hydrogen) atoms. The lowest BCUT2D eigenvalue weighted by Gasteiger charge is -2.10. The number of anilines is 1. The number of nitrogens with zero attached hydrogens (tertiary/aromatic N) is 1. The molecule has 0 aliphatic rings. The lowest BCUT2D eigenvalue weighted by atomic mass is 10.2. The van der Waals surface area contributed by atoms with E-state index in [1.807, 2.05) is 20.1 Å². The van der Waals surface area contributed by atoms with E-state index in [9.17, 15) is 4.79 Å². The summed E-state index contributed by atoms with van der Waals surface area (Å²) in [6.45, 7) is 3.82. The number of thioether (sulfide) groups is 1. The van der Waals surface area contributed by atoms with Crippen molar-refractivity contribution in [3.05, 3.63) is 16.0 Å². The molecule has 1 heterocycles. The number of thiophene rings is 1. The second kappa shape index (κ2) is 6.78. The van der Waals surface area contributed by atoms with Gasteiger partial charge in [-0.3, -0.25) is 4.79 Å². The second-order valence-corrected chi connectivity index (χ2v) is 6.19. The van der Waals surface area contributed by atoms with Gasteiger partial charge in [0.15, 0.2) is 0 Å². The maximum Gasteiger partial charge on any atom is 0.241 e. The van der Waals surface area contributed by atoms with Crippen LogP contribution in [0.3, 0.4) is 0 Å². The van der Waals surface area contributed by atoms with Gasteiger partial charge >= 0.3 is 0 Å². The monoisotopic (exact) mass is 283 g/mol. The summed E-state index contributed by atoms with van der Waals surface area (Å²) >= 11 is 3.08. The Kier molecular flexibility index (Phi) is 5.66. The number of nitriles is 1. The molecule has 0 bridgehead atoms. The number of aryl methyl sites for hydroxylation is 1.